The highest BCUT2D eigenvalue weighted by atomic mass is 16.4. The number of hydrogen-bond donors (Lipinski definition) is 1. The van der Waals surface area contributed by atoms with Crippen LogP contribution in [-0.2, 0) is 0 Å². The summed E-state index contributed by atoms with van der Waals surface area (Å²) in [5, 5.41) is 12.9. The largest absolute Gasteiger partial charge is 0.409 e. The lowest BCUT2D eigenvalue weighted by Gasteiger charge is -2.09. The third-order valence-electron chi connectivity index (χ3n) is 3.99. The average Bonchev–Trinajstić information content (AvgIpc) is 2.65. The minimum atomic E-state index is 0.289. The van der Waals surface area contributed by atoms with E-state index in [2.05, 4.69) is 48.3 Å². The number of rotatable bonds is 3. The summed E-state index contributed by atoms with van der Waals surface area (Å²) in [4.78, 5) is 4.68. The van der Waals surface area contributed by atoms with Crippen LogP contribution in [0.1, 0.15) is 27.8 Å². The second-order valence-corrected chi connectivity index (χ2v) is 5.98. The zero-order chi connectivity index (χ0) is 17.6. The quantitative estimate of drug-likeness (QED) is 0.313. The SMILES string of the molecule is Cc1ccc(C(=N/C(=N/O)c2ccccc2)c2ccc(C)cc2)cc1. The highest BCUT2D eigenvalue weighted by molar-refractivity contribution is 6.19. The number of amidine groups is 1. The minimum Gasteiger partial charge on any atom is -0.409 e. The molecule has 0 aromatic heterocycles. The van der Waals surface area contributed by atoms with Crippen molar-refractivity contribution in [1.82, 2.24) is 0 Å². The van der Waals surface area contributed by atoms with Crippen molar-refractivity contribution in [2.45, 2.75) is 13.8 Å². The van der Waals surface area contributed by atoms with Crippen molar-refractivity contribution in [3.05, 3.63) is 107 Å². The van der Waals surface area contributed by atoms with E-state index in [0.717, 1.165) is 22.4 Å². The monoisotopic (exact) mass is 328 g/mol. The average molecular weight is 328 g/mol. The minimum absolute atomic E-state index is 0.289. The van der Waals surface area contributed by atoms with E-state index in [1.165, 1.54) is 11.1 Å². The molecule has 0 amide bonds. The van der Waals surface area contributed by atoms with Crippen LogP contribution in [0.2, 0.25) is 0 Å². The van der Waals surface area contributed by atoms with Crippen LogP contribution < -0.4 is 0 Å². The Morgan fingerprint density at radius 2 is 1.12 bits per heavy atom. The highest BCUT2D eigenvalue weighted by Crippen LogP contribution is 2.15. The van der Waals surface area contributed by atoms with E-state index in [1.807, 2.05) is 54.6 Å². The third-order valence-corrected chi connectivity index (χ3v) is 3.99. The first kappa shape index (κ1) is 16.7. The van der Waals surface area contributed by atoms with Crippen LogP contribution in [0.3, 0.4) is 0 Å². The summed E-state index contributed by atoms with van der Waals surface area (Å²) >= 11 is 0. The van der Waals surface area contributed by atoms with Gasteiger partial charge in [-0.3, -0.25) is 0 Å². The molecule has 0 saturated heterocycles. The maximum Gasteiger partial charge on any atom is 0.199 e. The number of hydrogen-bond acceptors (Lipinski definition) is 2. The van der Waals surface area contributed by atoms with Crippen molar-refractivity contribution < 1.29 is 5.21 Å². The number of aliphatic imine (C=N–C) groups is 1. The fourth-order valence-electron chi connectivity index (χ4n) is 2.56. The maximum atomic E-state index is 9.49. The molecule has 0 fully saturated rings. The van der Waals surface area contributed by atoms with Crippen LogP contribution in [0.15, 0.2) is 89.0 Å². The molecule has 25 heavy (non-hydrogen) atoms. The number of aryl methyl sites for hydroxylation is 2. The standard InChI is InChI=1S/C22H20N2O/c1-16-8-12-18(13-9-16)21(19-14-10-17(2)11-15-19)23-22(24-25)20-6-4-3-5-7-20/h3-15,25H,1-2H3/b24-22+. The summed E-state index contributed by atoms with van der Waals surface area (Å²) in [5.41, 5.74) is 5.87. The summed E-state index contributed by atoms with van der Waals surface area (Å²) in [5.74, 6) is 0.289. The molecule has 124 valence electrons. The molecule has 0 heterocycles. The molecule has 0 saturated carbocycles. The van der Waals surface area contributed by atoms with E-state index in [0.29, 0.717) is 0 Å². The van der Waals surface area contributed by atoms with Gasteiger partial charge in [-0.1, -0.05) is 95.1 Å². The lowest BCUT2D eigenvalue weighted by molar-refractivity contribution is 0.318. The van der Waals surface area contributed by atoms with Crippen LogP contribution in [0.4, 0.5) is 0 Å². The van der Waals surface area contributed by atoms with Gasteiger partial charge in [0.1, 0.15) is 0 Å². The van der Waals surface area contributed by atoms with Gasteiger partial charge in [0.2, 0.25) is 0 Å². The summed E-state index contributed by atoms with van der Waals surface area (Å²) in [7, 11) is 0. The van der Waals surface area contributed by atoms with Gasteiger partial charge in [0, 0.05) is 16.7 Å². The normalized spacial score (nSPS) is 11.2. The second-order valence-electron chi connectivity index (χ2n) is 5.98. The molecule has 0 unspecified atom stereocenters. The van der Waals surface area contributed by atoms with Crippen molar-refractivity contribution >= 4 is 11.5 Å². The number of benzene rings is 3. The van der Waals surface area contributed by atoms with Gasteiger partial charge in [-0.25, -0.2) is 4.99 Å². The summed E-state index contributed by atoms with van der Waals surface area (Å²) in [6.07, 6.45) is 0. The summed E-state index contributed by atoms with van der Waals surface area (Å²) in [6.45, 7) is 4.11. The Balaban J connectivity index is 2.13. The predicted octanol–water partition coefficient (Wildman–Crippen LogP) is 4.98. The van der Waals surface area contributed by atoms with Crippen molar-refractivity contribution in [3.63, 3.8) is 0 Å². The van der Waals surface area contributed by atoms with E-state index in [4.69, 9.17) is 0 Å². The van der Waals surface area contributed by atoms with Gasteiger partial charge >= 0.3 is 0 Å². The first-order chi connectivity index (χ1) is 12.2. The van der Waals surface area contributed by atoms with E-state index in [-0.39, 0.29) is 5.84 Å². The second kappa shape index (κ2) is 7.58. The van der Waals surface area contributed by atoms with Gasteiger partial charge in [-0.15, -0.1) is 0 Å². The first-order valence-electron chi connectivity index (χ1n) is 8.17. The molecular weight excluding hydrogens is 308 g/mol. The van der Waals surface area contributed by atoms with Crippen molar-refractivity contribution in [3.8, 4) is 0 Å². The molecule has 0 aliphatic rings. The molecule has 3 rings (SSSR count). The van der Waals surface area contributed by atoms with Gasteiger partial charge < -0.3 is 5.21 Å². The molecule has 0 radical (unpaired) electrons. The smallest absolute Gasteiger partial charge is 0.199 e. The molecule has 3 aromatic carbocycles. The maximum absolute atomic E-state index is 9.49. The number of nitrogens with zero attached hydrogens (tertiary/aromatic N) is 2. The van der Waals surface area contributed by atoms with Crippen molar-refractivity contribution in [2.75, 3.05) is 0 Å². The molecule has 1 N–H and O–H groups in total. The summed E-state index contributed by atoms with van der Waals surface area (Å²) < 4.78 is 0. The molecule has 0 spiro atoms. The molecular formula is C22H20N2O. The Kier molecular flexibility index (Phi) is 5.05. The fourth-order valence-corrected chi connectivity index (χ4v) is 2.56. The van der Waals surface area contributed by atoms with E-state index < -0.39 is 0 Å². The van der Waals surface area contributed by atoms with Crippen LogP contribution in [0.25, 0.3) is 0 Å². The Hall–Kier alpha value is -3.20. The van der Waals surface area contributed by atoms with Gasteiger partial charge in [-0.05, 0) is 13.8 Å². The van der Waals surface area contributed by atoms with Gasteiger partial charge in [0.25, 0.3) is 0 Å². The lowest BCUT2D eigenvalue weighted by Crippen LogP contribution is -2.09. The topological polar surface area (TPSA) is 45.0 Å². The predicted molar refractivity (Wildman–Crippen MR) is 103 cm³/mol. The molecule has 0 bridgehead atoms. The molecule has 3 heteroatoms. The van der Waals surface area contributed by atoms with Crippen LogP contribution in [0, 0.1) is 13.8 Å². The molecule has 3 nitrogen and oxygen atoms in total. The van der Waals surface area contributed by atoms with Crippen LogP contribution >= 0.6 is 0 Å². The zero-order valence-corrected chi connectivity index (χ0v) is 14.3. The van der Waals surface area contributed by atoms with E-state index in [9.17, 15) is 5.21 Å². The van der Waals surface area contributed by atoms with Crippen LogP contribution in [0.5, 0.6) is 0 Å². The summed E-state index contributed by atoms with van der Waals surface area (Å²) in [6, 6.07) is 25.8. The Morgan fingerprint density at radius 3 is 1.56 bits per heavy atom. The van der Waals surface area contributed by atoms with E-state index in [1.54, 1.807) is 0 Å². The highest BCUT2D eigenvalue weighted by Gasteiger charge is 2.10. The Morgan fingerprint density at radius 1 is 0.640 bits per heavy atom. The fraction of sp³-hybridized carbons (Fsp3) is 0.0909. The molecule has 0 aliphatic carbocycles. The van der Waals surface area contributed by atoms with Crippen molar-refractivity contribution in [1.29, 1.82) is 0 Å². The molecule has 0 aliphatic heterocycles. The Bertz CT molecular complexity index is 846. The first-order valence-corrected chi connectivity index (χ1v) is 8.17. The zero-order valence-electron chi connectivity index (χ0n) is 14.3. The van der Waals surface area contributed by atoms with Crippen molar-refractivity contribution in [2.24, 2.45) is 10.1 Å². The molecule has 3 aromatic rings. The molecule has 0 atom stereocenters. The number of oxime groups is 1. The Labute approximate surface area is 148 Å². The van der Waals surface area contributed by atoms with E-state index >= 15 is 0 Å². The third kappa shape index (κ3) is 4.01. The van der Waals surface area contributed by atoms with Gasteiger partial charge in [0.05, 0.1) is 5.71 Å². The van der Waals surface area contributed by atoms with Gasteiger partial charge in [-0.2, -0.15) is 0 Å². The van der Waals surface area contributed by atoms with Gasteiger partial charge in [0.15, 0.2) is 5.84 Å². The lowest BCUT2D eigenvalue weighted by atomic mass is 10.00. The van der Waals surface area contributed by atoms with Crippen LogP contribution in [-0.4, -0.2) is 16.8 Å².